The van der Waals surface area contributed by atoms with Crippen LogP contribution in [-0.4, -0.2) is 19.1 Å². The van der Waals surface area contributed by atoms with Crippen LogP contribution in [0, 0.1) is 0 Å². The zero-order valence-electron chi connectivity index (χ0n) is 28.4. The largest absolute Gasteiger partial charge is 0.308 e. The SMILES string of the molecule is c1ccc(-c2nc(-n3c4ccccc4c4c5c(ccc43)ccc3c5c4ccc5c6ccccc6sc5c4n3-c3ccccc3)nc3ccccc23)cc1. The van der Waals surface area contributed by atoms with E-state index < -0.39 is 0 Å². The number of hydrogen-bond acceptors (Lipinski definition) is 3. The molecule has 12 aromatic rings. The molecule has 4 nitrogen and oxygen atoms in total. The zero-order valence-corrected chi connectivity index (χ0v) is 29.2. The normalized spacial score (nSPS) is 12.2. The predicted molar refractivity (Wildman–Crippen MR) is 224 cm³/mol. The molecule has 0 saturated heterocycles. The van der Waals surface area contributed by atoms with Gasteiger partial charge in [0.1, 0.15) is 0 Å². The van der Waals surface area contributed by atoms with Crippen LogP contribution in [0.1, 0.15) is 0 Å². The topological polar surface area (TPSA) is 35.6 Å². The number of rotatable bonds is 3. The Hall–Kier alpha value is -6.82. The molecule has 0 aliphatic rings. The van der Waals surface area contributed by atoms with Gasteiger partial charge >= 0.3 is 0 Å². The van der Waals surface area contributed by atoms with Crippen molar-refractivity contribution >= 4 is 96.8 Å². The highest BCUT2D eigenvalue weighted by molar-refractivity contribution is 7.26. The molecule has 8 aromatic carbocycles. The third-order valence-electron chi connectivity index (χ3n) is 10.9. The molecule has 0 unspecified atom stereocenters. The van der Waals surface area contributed by atoms with Crippen LogP contribution in [0.2, 0.25) is 0 Å². The average molecular weight is 693 g/mol. The van der Waals surface area contributed by atoms with Gasteiger partial charge in [0.05, 0.1) is 38.0 Å². The van der Waals surface area contributed by atoms with Gasteiger partial charge in [-0.1, -0.05) is 127 Å². The quantitative estimate of drug-likeness (QED) is 0.185. The van der Waals surface area contributed by atoms with Crippen molar-refractivity contribution in [2.45, 2.75) is 0 Å². The van der Waals surface area contributed by atoms with E-state index in [0.29, 0.717) is 5.95 Å². The van der Waals surface area contributed by atoms with E-state index in [4.69, 9.17) is 9.97 Å². The standard InChI is InChI=1S/C48H28N4S/c1-3-13-30(14-4-1)45-34-18-7-10-20-37(34)49-48(50-45)52-38-21-11-8-19-35(38)43-40(52)28-24-29-23-27-39-44(42(29)43)36-26-25-33-32-17-9-12-22-41(32)53-47(33)46(36)51(39)31-15-5-2-6-16-31/h1-28H. The molecular weight excluding hydrogens is 665 g/mol. The highest BCUT2D eigenvalue weighted by atomic mass is 32.1. The minimum Gasteiger partial charge on any atom is -0.308 e. The fraction of sp³-hybridized carbons (Fsp3) is 0. The second-order valence-electron chi connectivity index (χ2n) is 13.7. The number of thiophene rings is 1. The third kappa shape index (κ3) is 4.00. The number of hydrogen-bond donors (Lipinski definition) is 0. The molecule has 246 valence electrons. The molecule has 0 fully saturated rings. The van der Waals surface area contributed by atoms with E-state index in [9.17, 15) is 0 Å². The van der Waals surface area contributed by atoms with Crippen molar-refractivity contribution in [1.82, 2.24) is 19.1 Å². The van der Waals surface area contributed by atoms with Gasteiger partial charge in [-0.15, -0.1) is 11.3 Å². The minimum atomic E-state index is 0.666. The number of benzene rings is 8. The van der Waals surface area contributed by atoms with Crippen LogP contribution in [0.15, 0.2) is 170 Å². The summed E-state index contributed by atoms with van der Waals surface area (Å²) in [6, 6.07) is 60.9. The Bertz CT molecular complexity index is 3450. The summed E-state index contributed by atoms with van der Waals surface area (Å²) in [7, 11) is 0. The molecule has 0 amide bonds. The molecular formula is C48H28N4S. The fourth-order valence-electron chi connectivity index (χ4n) is 8.68. The summed E-state index contributed by atoms with van der Waals surface area (Å²) in [6.07, 6.45) is 0. The fourth-order valence-corrected chi connectivity index (χ4v) is 9.92. The van der Waals surface area contributed by atoms with Gasteiger partial charge < -0.3 is 4.57 Å². The van der Waals surface area contributed by atoms with Crippen molar-refractivity contribution in [3.63, 3.8) is 0 Å². The molecule has 0 bridgehead atoms. The highest BCUT2D eigenvalue weighted by Gasteiger charge is 2.23. The van der Waals surface area contributed by atoms with Crippen molar-refractivity contribution in [3.8, 4) is 22.9 Å². The minimum absolute atomic E-state index is 0.666. The molecule has 0 radical (unpaired) electrons. The molecule has 5 heteroatoms. The van der Waals surface area contributed by atoms with Crippen LogP contribution in [0.5, 0.6) is 0 Å². The lowest BCUT2D eigenvalue weighted by Gasteiger charge is -2.12. The van der Waals surface area contributed by atoms with Crippen LogP contribution in [-0.2, 0) is 0 Å². The summed E-state index contributed by atoms with van der Waals surface area (Å²) in [5, 5.41) is 11.0. The third-order valence-corrected chi connectivity index (χ3v) is 12.1. The maximum absolute atomic E-state index is 5.35. The summed E-state index contributed by atoms with van der Waals surface area (Å²) < 4.78 is 7.37. The second-order valence-corrected chi connectivity index (χ2v) is 14.8. The van der Waals surface area contributed by atoms with Gasteiger partial charge in [0.2, 0.25) is 5.95 Å². The van der Waals surface area contributed by atoms with E-state index >= 15 is 0 Å². The van der Waals surface area contributed by atoms with Gasteiger partial charge in [-0.2, -0.15) is 0 Å². The van der Waals surface area contributed by atoms with Crippen molar-refractivity contribution in [1.29, 1.82) is 0 Å². The Balaban J connectivity index is 1.26. The number of aromatic nitrogens is 4. The van der Waals surface area contributed by atoms with Crippen molar-refractivity contribution in [2.75, 3.05) is 0 Å². The van der Waals surface area contributed by atoms with Crippen molar-refractivity contribution < 1.29 is 0 Å². The second kappa shape index (κ2) is 10.8. The van der Waals surface area contributed by atoms with Gasteiger partial charge in [-0.3, -0.25) is 4.57 Å². The Morgan fingerprint density at radius 3 is 1.89 bits per heavy atom. The molecule has 4 aromatic heterocycles. The molecule has 0 aliphatic heterocycles. The summed E-state index contributed by atoms with van der Waals surface area (Å²) in [5.41, 5.74) is 8.70. The first-order valence-electron chi connectivity index (χ1n) is 17.9. The Kier molecular flexibility index (Phi) is 5.90. The van der Waals surface area contributed by atoms with E-state index in [1.54, 1.807) is 0 Å². The summed E-state index contributed by atoms with van der Waals surface area (Å²) in [5.74, 6) is 0.666. The highest BCUT2D eigenvalue weighted by Crippen LogP contribution is 2.47. The van der Waals surface area contributed by atoms with E-state index in [-0.39, 0.29) is 0 Å². The number of nitrogens with zero attached hydrogens (tertiary/aromatic N) is 4. The van der Waals surface area contributed by atoms with Gasteiger partial charge in [-0.05, 0) is 47.9 Å². The molecule has 0 N–H and O–H groups in total. The molecule has 0 aliphatic carbocycles. The molecule has 12 rings (SSSR count). The van der Waals surface area contributed by atoms with Crippen molar-refractivity contribution in [3.05, 3.63) is 170 Å². The first-order valence-corrected chi connectivity index (χ1v) is 18.7. The Labute approximate surface area is 307 Å². The van der Waals surface area contributed by atoms with Crippen LogP contribution in [0.25, 0.3) is 108 Å². The number of para-hydroxylation sites is 3. The molecule has 0 saturated carbocycles. The summed E-state index contributed by atoms with van der Waals surface area (Å²) in [4.78, 5) is 10.6. The lowest BCUT2D eigenvalue weighted by molar-refractivity contribution is 1.01. The van der Waals surface area contributed by atoms with Crippen molar-refractivity contribution in [2.24, 2.45) is 0 Å². The monoisotopic (exact) mass is 692 g/mol. The van der Waals surface area contributed by atoms with Gasteiger partial charge in [0.15, 0.2) is 0 Å². The Morgan fingerprint density at radius 1 is 0.415 bits per heavy atom. The molecule has 0 spiro atoms. The summed E-state index contributed by atoms with van der Waals surface area (Å²) >= 11 is 1.89. The van der Waals surface area contributed by atoms with Crippen LogP contribution < -0.4 is 0 Å². The smallest absolute Gasteiger partial charge is 0.235 e. The Morgan fingerprint density at radius 2 is 1.06 bits per heavy atom. The van der Waals surface area contributed by atoms with E-state index in [0.717, 1.165) is 38.9 Å². The number of fused-ring (bicyclic) bond motifs is 14. The maximum atomic E-state index is 5.35. The summed E-state index contributed by atoms with van der Waals surface area (Å²) in [6.45, 7) is 0. The molecule has 4 heterocycles. The first-order chi connectivity index (χ1) is 26.3. The van der Waals surface area contributed by atoms with E-state index in [2.05, 4.69) is 173 Å². The predicted octanol–water partition coefficient (Wildman–Crippen LogP) is 13.0. The van der Waals surface area contributed by atoms with Gasteiger partial charge in [-0.25, -0.2) is 9.97 Å². The maximum Gasteiger partial charge on any atom is 0.235 e. The van der Waals surface area contributed by atoms with Crippen LogP contribution in [0.4, 0.5) is 0 Å². The lowest BCUT2D eigenvalue weighted by atomic mass is 9.98. The van der Waals surface area contributed by atoms with Crippen LogP contribution >= 0.6 is 11.3 Å². The molecule has 53 heavy (non-hydrogen) atoms. The first kappa shape index (κ1) is 28.8. The van der Waals surface area contributed by atoms with E-state index in [1.807, 2.05) is 17.4 Å². The average Bonchev–Trinajstić information content (AvgIpc) is 3.89. The lowest BCUT2D eigenvalue weighted by Crippen LogP contribution is -2.03. The molecule has 0 atom stereocenters. The van der Waals surface area contributed by atoms with Crippen LogP contribution in [0.3, 0.4) is 0 Å². The van der Waals surface area contributed by atoms with Gasteiger partial charge in [0, 0.05) is 59.0 Å². The zero-order chi connectivity index (χ0) is 34.6. The van der Waals surface area contributed by atoms with E-state index in [1.165, 1.54) is 63.5 Å². The van der Waals surface area contributed by atoms with Gasteiger partial charge in [0.25, 0.3) is 0 Å².